The van der Waals surface area contributed by atoms with Gasteiger partial charge in [-0.3, -0.25) is 4.68 Å². The second-order valence-corrected chi connectivity index (χ2v) is 3.73. The summed E-state index contributed by atoms with van der Waals surface area (Å²) in [6.45, 7) is 4.12. The highest BCUT2D eigenvalue weighted by molar-refractivity contribution is 5.56. The Bertz CT molecular complexity index is 535. The van der Waals surface area contributed by atoms with Crippen molar-refractivity contribution < 1.29 is 4.39 Å². The molecule has 0 saturated carbocycles. The number of anilines is 1. The Balaban J connectivity index is 2.48. The van der Waals surface area contributed by atoms with Crippen LogP contribution in [0.5, 0.6) is 0 Å². The molecular weight excluding hydrogens is 221 g/mol. The van der Waals surface area contributed by atoms with Gasteiger partial charge in [-0.15, -0.1) is 0 Å². The van der Waals surface area contributed by atoms with Crippen LogP contribution >= 0.6 is 0 Å². The van der Waals surface area contributed by atoms with E-state index in [1.807, 2.05) is 14.0 Å². The molecule has 17 heavy (non-hydrogen) atoms. The van der Waals surface area contributed by atoms with Crippen LogP contribution in [0.15, 0.2) is 12.4 Å². The fraction of sp³-hybridized carbons (Fsp3) is 0.364. The highest BCUT2D eigenvalue weighted by Gasteiger charge is 2.12. The van der Waals surface area contributed by atoms with Gasteiger partial charge in [0.2, 0.25) is 0 Å². The second-order valence-electron chi connectivity index (χ2n) is 3.73. The number of rotatable bonds is 3. The van der Waals surface area contributed by atoms with E-state index in [9.17, 15) is 4.39 Å². The molecule has 0 aliphatic heterocycles. The van der Waals surface area contributed by atoms with Crippen molar-refractivity contribution in [3.63, 3.8) is 0 Å². The first kappa shape index (κ1) is 11.5. The third-order valence-corrected chi connectivity index (χ3v) is 2.32. The number of aryl methyl sites for hydroxylation is 2. The molecule has 0 atom stereocenters. The molecule has 0 spiro atoms. The summed E-state index contributed by atoms with van der Waals surface area (Å²) in [5, 5.41) is 6.92. The van der Waals surface area contributed by atoms with E-state index in [0.717, 1.165) is 5.56 Å². The van der Waals surface area contributed by atoms with Crippen molar-refractivity contribution in [1.82, 2.24) is 19.7 Å². The fourth-order valence-electron chi connectivity index (χ4n) is 1.51. The normalized spacial score (nSPS) is 10.6. The van der Waals surface area contributed by atoms with Gasteiger partial charge in [0.05, 0.1) is 17.5 Å². The Morgan fingerprint density at radius 2 is 2.18 bits per heavy atom. The van der Waals surface area contributed by atoms with Crippen molar-refractivity contribution in [3.05, 3.63) is 23.9 Å². The minimum absolute atomic E-state index is 0.235. The van der Waals surface area contributed by atoms with Gasteiger partial charge in [0.25, 0.3) is 0 Å². The van der Waals surface area contributed by atoms with Crippen LogP contribution in [0.25, 0.3) is 11.4 Å². The maximum Gasteiger partial charge on any atom is 0.186 e. The summed E-state index contributed by atoms with van der Waals surface area (Å²) in [7, 11) is 1.81. The van der Waals surface area contributed by atoms with Crippen molar-refractivity contribution in [3.8, 4) is 11.4 Å². The zero-order chi connectivity index (χ0) is 12.4. The third-order valence-electron chi connectivity index (χ3n) is 2.32. The van der Waals surface area contributed by atoms with Crippen LogP contribution in [0.1, 0.15) is 12.6 Å². The Kier molecular flexibility index (Phi) is 3.03. The maximum atomic E-state index is 13.7. The number of aromatic nitrogens is 4. The molecule has 2 rings (SSSR count). The molecule has 0 unspecified atom stereocenters. The van der Waals surface area contributed by atoms with Crippen molar-refractivity contribution in [2.24, 2.45) is 7.05 Å². The van der Waals surface area contributed by atoms with Crippen LogP contribution in [0.4, 0.5) is 10.2 Å². The summed E-state index contributed by atoms with van der Waals surface area (Å²) in [6, 6.07) is 0. The lowest BCUT2D eigenvalue weighted by molar-refractivity contribution is 0.606. The smallest absolute Gasteiger partial charge is 0.186 e. The first-order chi connectivity index (χ1) is 8.11. The van der Waals surface area contributed by atoms with Gasteiger partial charge in [0, 0.05) is 19.8 Å². The van der Waals surface area contributed by atoms with E-state index >= 15 is 0 Å². The van der Waals surface area contributed by atoms with Gasteiger partial charge < -0.3 is 5.32 Å². The van der Waals surface area contributed by atoms with E-state index in [4.69, 9.17) is 0 Å². The number of halogens is 1. The van der Waals surface area contributed by atoms with Gasteiger partial charge in [0.15, 0.2) is 17.5 Å². The van der Waals surface area contributed by atoms with Crippen molar-refractivity contribution in [2.45, 2.75) is 13.8 Å². The Morgan fingerprint density at radius 1 is 1.41 bits per heavy atom. The molecule has 5 nitrogen and oxygen atoms in total. The van der Waals surface area contributed by atoms with Gasteiger partial charge in [-0.25, -0.2) is 14.4 Å². The third kappa shape index (κ3) is 2.25. The number of nitrogens with one attached hydrogen (secondary N) is 1. The molecule has 6 heteroatoms. The predicted octanol–water partition coefficient (Wildman–Crippen LogP) is 1.76. The predicted molar refractivity (Wildman–Crippen MR) is 63.1 cm³/mol. The van der Waals surface area contributed by atoms with Crippen LogP contribution < -0.4 is 5.32 Å². The van der Waals surface area contributed by atoms with Gasteiger partial charge >= 0.3 is 0 Å². The first-order valence-corrected chi connectivity index (χ1v) is 5.39. The fourth-order valence-corrected chi connectivity index (χ4v) is 1.51. The van der Waals surface area contributed by atoms with E-state index in [1.54, 1.807) is 24.0 Å². The lowest BCUT2D eigenvalue weighted by Crippen LogP contribution is -2.06. The van der Waals surface area contributed by atoms with Crippen LogP contribution in [0.2, 0.25) is 0 Å². The van der Waals surface area contributed by atoms with Crippen molar-refractivity contribution in [1.29, 1.82) is 0 Å². The largest absolute Gasteiger partial charge is 0.368 e. The maximum absolute atomic E-state index is 13.7. The molecule has 0 bridgehead atoms. The van der Waals surface area contributed by atoms with Gasteiger partial charge in [-0.2, -0.15) is 5.10 Å². The van der Waals surface area contributed by atoms with Gasteiger partial charge in [-0.1, -0.05) is 0 Å². The standard InChI is InChI=1S/C11H14FN5/c1-4-13-11-9(12)7(2)15-10(16-11)8-5-14-17(3)6-8/h5-6H,4H2,1-3H3,(H,13,15,16). The van der Waals surface area contributed by atoms with Crippen LogP contribution in [0.3, 0.4) is 0 Å². The van der Waals surface area contributed by atoms with Crippen molar-refractivity contribution in [2.75, 3.05) is 11.9 Å². The van der Waals surface area contributed by atoms with Crippen LogP contribution in [0, 0.1) is 12.7 Å². The number of hydrogen-bond donors (Lipinski definition) is 1. The summed E-state index contributed by atoms with van der Waals surface area (Å²) in [5.74, 6) is 0.311. The number of hydrogen-bond acceptors (Lipinski definition) is 4. The first-order valence-electron chi connectivity index (χ1n) is 5.39. The van der Waals surface area contributed by atoms with E-state index in [1.165, 1.54) is 0 Å². The lowest BCUT2D eigenvalue weighted by atomic mass is 10.3. The average molecular weight is 235 g/mol. The highest BCUT2D eigenvalue weighted by Crippen LogP contribution is 2.20. The molecule has 0 radical (unpaired) electrons. The molecule has 0 saturated heterocycles. The zero-order valence-corrected chi connectivity index (χ0v) is 10.0. The molecule has 0 amide bonds. The minimum atomic E-state index is -0.403. The molecule has 2 aromatic rings. The zero-order valence-electron chi connectivity index (χ0n) is 10.0. The molecule has 2 aromatic heterocycles. The Morgan fingerprint density at radius 3 is 2.76 bits per heavy atom. The molecular formula is C11H14FN5. The molecule has 0 aromatic carbocycles. The van der Waals surface area contributed by atoms with Gasteiger partial charge in [0.1, 0.15) is 0 Å². The summed E-state index contributed by atoms with van der Waals surface area (Å²) in [6.07, 6.45) is 3.45. The van der Waals surface area contributed by atoms with Gasteiger partial charge in [-0.05, 0) is 13.8 Å². The summed E-state index contributed by atoms with van der Waals surface area (Å²) >= 11 is 0. The molecule has 90 valence electrons. The van der Waals surface area contributed by atoms with E-state index in [2.05, 4.69) is 20.4 Å². The molecule has 1 N–H and O–H groups in total. The molecule has 2 heterocycles. The lowest BCUT2D eigenvalue weighted by Gasteiger charge is -2.07. The van der Waals surface area contributed by atoms with E-state index in [-0.39, 0.29) is 5.82 Å². The summed E-state index contributed by atoms with van der Waals surface area (Å²) in [5.41, 5.74) is 1.10. The Hall–Kier alpha value is -1.98. The Labute approximate surface area is 98.7 Å². The van der Waals surface area contributed by atoms with Crippen LogP contribution in [-0.4, -0.2) is 26.3 Å². The second kappa shape index (κ2) is 4.48. The van der Waals surface area contributed by atoms with Crippen LogP contribution in [-0.2, 0) is 7.05 Å². The monoisotopic (exact) mass is 235 g/mol. The van der Waals surface area contributed by atoms with Crippen molar-refractivity contribution >= 4 is 5.82 Å². The SMILES string of the molecule is CCNc1nc(-c2cnn(C)c2)nc(C)c1F. The molecule has 0 aliphatic rings. The number of nitrogens with zero attached hydrogens (tertiary/aromatic N) is 4. The minimum Gasteiger partial charge on any atom is -0.368 e. The van der Waals surface area contributed by atoms with E-state index in [0.29, 0.717) is 18.1 Å². The molecule has 0 aliphatic carbocycles. The van der Waals surface area contributed by atoms with E-state index < -0.39 is 5.82 Å². The average Bonchev–Trinajstić information content (AvgIpc) is 2.71. The summed E-state index contributed by atoms with van der Waals surface area (Å²) in [4.78, 5) is 8.28. The highest BCUT2D eigenvalue weighted by atomic mass is 19.1. The molecule has 0 fully saturated rings. The topological polar surface area (TPSA) is 55.6 Å². The quantitative estimate of drug-likeness (QED) is 0.880. The summed E-state index contributed by atoms with van der Waals surface area (Å²) < 4.78 is 15.3.